The fraction of sp³-hybridized carbons (Fsp3) is 0.500. The molecule has 1 aromatic carbocycles. The van der Waals surface area contributed by atoms with Crippen LogP contribution in [0, 0.1) is 5.92 Å². The first-order chi connectivity index (χ1) is 13.5. The average molecular weight is 386 g/mol. The van der Waals surface area contributed by atoms with E-state index in [-0.39, 0.29) is 11.7 Å². The minimum atomic E-state index is -1.01. The Hall–Kier alpha value is -2.63. The molecule has 28 heavy (non-hydrogen) atoms. The van der Waals surface area contributed by atoms with Crippen LogP contribution in [0.15, 0.2) is 29.8 Å². The third-order valence-corrected chi connectivity index (χ3v) is 5.38. The number of esters is 2. The molecular weight excluding hydrogens is 360 g/mol. The molecule has 1 N–H and O–H groups in total. The summed E-state index contributed by atoms with van der Waals surface area (Å²) in [6.45, 7) is 2.18. The second-order valence-corrected chi connectivity index (χ2v) is 7.41. The van der Waals surface area contributed by atoms with E-state index in [0.717, 1.165) is 19.3 Å². The zero-order valence-corrected chi connectivity index (χ0v) is 16.1. The average Bonchev–Trinajstić information content (AvgIpc) is 3.15. The molecule has 0 radical (unpaired) electrons. The van der Waals surface area contributed by atoms with E-state index in [1.165, 1.54) is 31.4 Å². The molecule has 0 aliphatic carbocycles. The molecule has 150 valence electrons. The Balaban J connectivity index is 1.69. The fourth-order valence-electron chi connectivity index (χ4n) is 3.86. The maximum absolute atomic E-state index is 12.3. The van der Waals surface area contributed by atoms with Gasteiger partial charge in [0.2, 0.25) is 6.10 Å². The van der Waals surface area contributed by atoms with Crippen LogP contribution in [-0.2, 0) is 19.1 Å². The van der Waals surface area contributed by atoms with Gasteiger partial charge in [0.25, 0.3) is 0 Å². The van der Waals surface area contributed by atoms with Crippen molar-refractivity contribution >= 4 is 24.0 Å². The Bertz CT molecular complexity index is 764. The molecule has 2 fully saturated rings. The molecule has 0 aromatic heterocycles. The molecule has 2 saturated heterocycles. The van der Waals surface area contributed by atoms with Crippen molar-refractivity contribution in [3.8, 4) is 0 Å². The highest BCUT2D eigenvalue weighted by molar-refractivity contribution is 6.01. The van der Waals surface area contributed by atoms with Gasteiger partial charge >= 0.3 is 17.9 Å². The summed E-state index contributed by atoms with van der Waals surface area (Å²) in [6, 6.07) is 6.24. The molecule has 2 aliphatic heterocycles. The second kappa shape index (κ2) is 9.04. The Morgan fingerprint density at radius 1 is 1.04 bits per heavy atom. The van der Waals surface area contributed by atoms with Crippen LogP contribution in [-0.4, -0.2) is 35.2 Å². The van der Waals surface area contributed by atoms with Gasteiger partial charge < -0.3 is 14.6 Å². The second-order valence-electron chi connectivity index (χ2n) is 7.41. The van der Waals surface area contributed by atoms with E-state index in [2.05, 4.69) is 6.92 Å². The Morgan fingerprint density at radius 2 is 1.71 bits per heavy atom. The summed E-state index contributed by atoms with van der Waals surface area (Å²) in [5, 5.41) is 9.00. The molecule has 0 amide bonds. The molecule has 3 atom stereocenters. The van der Waals surface area contributed by atoms with Gasteiger partial charge in [0, 0.05) is 5.57 Å². The van der Waals surface area contributed by atoms with Crippen molar-refractivity contribution in [2.24, 2.45) is 5.92 Å². The summed E-state index contributed by atoms with van der Waals surface area (Å²) in [6.07, 6.45) is 8.02. The molecule has 0 spiro atoms. The summed E-state index contributed by atoms with van der Waals surface area (Å²) < 4.78 is 10.7. The fourth-order valence-corrected chi connectivity index (χ4v) is 3.86. The molecule has 3 rings (SSSR count). The van der Waals surface area contributed by atoms with E-state index in [4.69, 9.17) is 14.6 Å². The molecule has 1 aromatic rings. The highest BCUT2D eigenvalue weighted by Crippen LogP contribution is 2.40. The van der Waals surface area contributed by atoms with Crippen molar-refractivity contribution in [3.63, 3.8) is 0 Å². The van der Waals surface area contributed by atoms with Gasteiger partial charge in [-0.25, -0.2) is 14.4 Å². The van der Waals surface area contributed by atoms with Crippen LogP contribution < -0.4 is 0 Å². The third kappa shape index (κ3) is 4.43. The number of benzene rings is 1. The number of hydrogen-bond acceptors (Lipinski definition) is 5. The quantitative estimate of drug-likeness (QED) is 0.392. The van der Waals surface area contributed by atoms with E-state index in [9.17, 15) is 14.4 Å². The number of carboxylic acids is 1. The Morgan fingerprint density at radius 3 is 2.39 bits per heavy atom. The van der Waals surface area contributed by atoms with Crippen LogP contribution in [0.25, 0.3) is 6.08 Å². The molecule has 6 heteroatoms. The number of ether oxygens (including phenoxy) is 2. The first-order valence-electron chi connectivity index (χ1n) is 9.97. The van der Waals surface area contributed by atoms with Gasteiger partial charge in [-0.05, 0) is 36.6 Å². The predicted molar refractivity (Wildman–Crippen MR) is 103 cm³/mol. The maximum Gasteiger partial charge on any atom is 0.348 e. The Labute approximate surface area is 164 Å². The monoisotopic (exact) mass is 386 g/mol. The number of carboxylic acid groups (broad SMARTS) is 1. The number of hydrogen-bond donors (Lipinski definition) is 1. The first kappa shape index (κ1) is 20.1. The van der Waals surface area contributed by atoms with Gasteiger partial charge in [-0.2, -0.15) is 0 Å². The lowest BCUT2D eigenvalue weighted by Gasteiger charge is -2.15. The van der Waals surface area contributed by atoms with Gasteiger partial charge in [0.05, 0.1) is 11.5 Å². The van der Waals surface area contributed by atoms with E-state index in [1.54, 1.807) is 18.2 Å². The van der Waals surface area contributed by atoms with Crippen molar-refractivity contribution in [3.05, 3.63) is 41.0 Å². The number of aromatic carboxylic acids is 1. The van der Waals surface area contributed by atoms with Crippen LogP contribution >= 0.6 is 0 Å². The van der Waals surface area contributed by atoms with Gasteiger partial charge in [-0.15, -0.1) is 0 Å². The topological polar surface area (TPSA) is 89.9 Å². The zero-order chi connectivity index (χ0) is 20.1. The van der Waals surface area contributed by atoms with Crippen molar-refractivity contribution in [2.75, 3.05) is 0 Å². The van der Waals surface area contributed by atoms with E-state index >= 15 is 0 Å². The van der Waals surface area contributed by atoms with E-state index < -0.39 is 29.9 Å². The van der Waals surface area contributed by atoms with Crippen LogP contribution in [0.1, 0.15) is 67.8 Å². The molecule has 0 unspecified atom stereocenters. The van der Waals surface area contributed by atoms with Gasteiger partial charge in [-0.1, -0.05) is 51.2 Å². The van der Waals surface area contributed by atoms with Gasteiger partial charge in [0.1, 0.15) is 6.10 Å². The third-order valence-electron chi connectivity index (χ3n) is 5.38. The van der Waals surface area contributed by atoms with Crippen molar-refractivity contribution < 1.29 is 29.0 Å². The highest BCUT2D eigenvalue weighted by Gasteiger charge is 2.55. The standard InChI is InChI=1S/C22H26O6/c1-2-3-4-5-6-7-8-17-18-16(21(25)28-19(18)22(26)27-17)13-14-9-11-15(12-10-14)20(23)24/h9-13,17-19H,2-8H2,1H3,(H,23,24)/b16-13-/t17-,18-,19-/m1/s1. The van der Waals surface area contributed by atoms with Crippen LogP contribution in [0.4, 0.5) is 0 Å². The van der Waals surface area contributed by atoms with E-state index in [0.29, 0.717) is 17.6 Å². The van der Waals surface area contributed by atoms with Gasteiger partial charge in [-0.3, -0.25) is 0 Å². The largest absolute Gasteiger partial charge is 0.478 e. The molecular formula is C22H26O6. The van der Waals surface area contributed by atoms with Crippen molar-refractivity contribution in [1.82, 2.24) is 0 Å². The minimum Gasteiger partial charge on any atom is -0.478 e. The molecule has 0 bridgehead atoms. The lowest BCUT2D eigenvalue weighted by molar-refractivity contribution is -0.156. The summed E-state index contributed by atoms with van der Waals surface area (Å²) in [4.78, 5) is 35.4. The predicted octanol–water partition coefficient (Wildman–Crippen LogP) is 3.99. The normalized spacial score (nSPS) is 24.9. The number of unbranched alkanes of at least 4 members (excludes halogenated alkanes) is 5. The minimum absolute atomic E-state index is 0.175. The van der Waals surface area contributed by atoms with Crippen LogP contribution in [0.5, 0.6) is 0 Å². The van der Waals surface area contributed by atoms with Crippen molar-refractivity contribution in [2.45, 2.75) is 64.1 Å². The summed E-state index contributed by atoms with van der Waals surface area (Å²) in [5.74, 6) is -2.37. The summed E-state index contributed by atoms with van der Waals surface area (Å²) in [7, 11) is 0. The van der Waals surface area contributed by atoms with Crippen LogP contribution in [0.2, 0.25) is 0 Å². The lowest BCUT2D eigenvalue weighted by Crippen LogP contribution is -2.22. The zero-order valence-electron chi connectivity index (χ0n) is 16.1. The number of carbonyl (C=O) groups is 3. The highest BCUT2D eigenvalue weighted by atomic mass is 16.6. The smallest absolute Gasteiger partial charge is 0.348 e. The Kier molecular flexibility index (Phi) is 6.49. The number of rotatable bonds is 9. The summed E-state index contributed by atoms with van der Waals surface area (Å²) >= 11 is 0. The van der Waals surface area contributed by atoms with Gasteiger partial charge in [0.15, 0.2) is 0 Å². The molecule has 6 nitrogen and oxygen atoms in total. The van der Waals surface area contributed by atoms with E-state index in [1.807, 2.05) is 0 Å². The molecule has 2 aliphatic rings. The number of fused-ring (bicyclic) bond motifs is 1. The molecule has 0 saturated carbocycles. The first-order valence-corrected chi connectivity index (χ1v) is 9.97. The SMILES string of the molecule is CCCCCCCC[C@H]1OC(=O)[C@@H]2OC(=O)/C(=C\c3ccc(C(=O)O)cc3)[C@H]12. The van der Waals surface area contributed by atoms with Crippen LogP contribution in [0.3, 0.4) is 0 Å². The number of carbonyl (C=O) groups excluding carboxylic acids is 2. The lowest BCUT2D eigenvalue weighted by atomic mass is 9.88. The number of cyclic esters (lactones) is 1. The molecule has 2 heterocycles. The maximum atomic E-state index is 12.3. The van der Waals surface area contributed by atoms with Crippen molar-refractivity contribution in [1.29, 1.82) is 0 Å². The summed E-state index contributed by atoms with van der Waals surface area (Å²) in [5.41, 5.74) is 1.29.